The molecule has 9 heavy (non-hydrogen) atoms. The predicted molar refractivity (Wildman–Crippen MR) is 38.2 cm³/mol. The zero-order valence-electron chi connectivity index (χ0n) is 5.22. The number of hydrogen-bond donors (Lipinski definition) is 1. The van der Waals surface area contributed by atoms with Crippen LogP contribution in [0, 0.1) is 12.1 Å². The molecule has 1 N–H and O–H groups in total. The summed E-state index contributed by atoms with van der Waals surface area (Å²) in [7, 11) is 0. The van der Waals surface area contributed by atoms with E-state index in [4.69, 9.17) is 0 Å². The zero-order valence-corrected chi connectivity index (χ0v) is 5.22. The highest BCUT2D eigenvalue weighted by Crippen LogP contribution is 2.06. The molecule has 0 saturated heterocycles. The lowest BCUT2D eigenvalue weighted by Crippen LogP contribution is -1.82. The van der Waals surface area contributed by atoms with Crippen LogP contribution in [0.25, 0.3) is 0 Å². The quantitative estimate of drug-likeness (QED) is 0.577. The summed E-state index contributed by atoms with van der Waals surface area (Å²) in [5, 5.41) is 9.99. The summed E-state index contributed by atoms with van der Waals surface area (Å²) in [6.45, 7) is 1.98. The van der Waals surface area contributed by atoms with E-state index >= 15 is 0 Å². The van der Waals surface area contributed by atoms with Gasteiger partial charge in [-0.25, -0.2) is 0 Å². The molecule has 2 heteroatoms. The van der Waals surface area contributed by atoms with E-state index in [0.29, 0.717) is 5.69 Å². The summed E-state index contributed by atoms with van der Waals surface area (Å²) >= 11 is 0. The van der Waals surface area contributed by atoms with E-state index in [9.17, 15) is 5.21 Å². The summed E-state index contributed by atoms with van der Waals surface area (Å²) < 4.78 is 0. The van der Waals surface area contributed by atoms with Crippen molar-refractivity contribution < 1.29 is 0 Å². The Balaban J connectivity index is 2.88. The van der Waals surface area contributed by atoms with Crippen LogP contribution in [-0.2, 0) is 0 Å². The van der Waals surface area contributed by atoms with Gasteiger partial charge in [-0.15, -0.1) is 0 Å². The van der Waals surface area contributed by atoms with Gasteiger partial charge in [0.1, 0.15) is 0 Å². The van der Waals surface area contributed by atoms with Gasteiger partial charge in [0.2, 0.25) is 0 Å². The molecule has 0 spiro atoms. The van der Waals surface area contributed by atoms with Crippen molar-refractivity contribution in [3.63, 3.8) is 0 Å². The first kappa shape index (κ1) is 6.11. The first-order valence-corrected chi connectivity index (χ1v) is 2.78. The fourth-order valence-corrected chi connectivity index (χ4v) is 0.622. The summed E-state index contributed by atoms with van der Waals surface area (Å²) in [6.07, 6.45) is 0. The number of rotatable bonds is 1. The average molecular weight is 122 g/mol. The van der Waals surface area contributed by atoms with Gasteiger partial charge < -0.3 is 10.7 Å². The highest BCUT2D eigenvalue weighted by molar-refractivity contribution is 5.44. The molecule has 0 atom stereocenters. The summed E-state index contributed by atoms with van der Waals surface area (Å²) in [5.74, 6) is 0. The van der Waals surface area contributed by atoms with Crippen LogP contribution in [0.1, 0.15) is 5.56 Å². The normalized spacial score (nSPS) is 9.11. The van der Waals surface area contributed by atoms with Gasteiger partial charge in [-0.2, -0.15) is 0 Å². The fourth-order valence-electron chi connectivity index (χ4n) is 0.622. The third-order valence-electron chi connectivity index (χ3n) is 1.17. The van der Waals surface area contributed by atoms with Crippen LogP contribution in [0.4, 0.5) is 5.69 Å². The van der Waals surface area contributed by atoms with Crippen LogP contribution in [0.5, 0.6) is 0 Å². The Morgan fingerprint density at radius 3 is 2.22 bits per heavy atom. The summed E-state index contributed by atoms with van der Waals surface area (Å²) in [4.78, 5) is 0. The molecule has 1 rings (SSSR count). The maximum absolute atomic E-state index is 9.99. The van der Waals surface area contributed by atoms with Gasteiger partial charge in [0.25, 0.3) is 0 Å². The van der Waals surface area contributed by atoms with Crippen LogP contribution >= 0.6 is 0 Å². The minimum absolute atomic E-state index is 0.612. The Morgan fingerprint density at radius 2 is 1.78 bits per heavy atom. The molecule has 0 bridgehead atoms. The molecule has 0 saturated carbocycles. The third-order valence-corrected chi connectivity index (χ3v) is 1.17. The molecule has 0 aliphatic rings. The van der Waals surface area contributed by atoms with Gasteiger partial charge in [-0.05, 0) is 19.1 Å². The van der Waals surface area contributed by atoms with Crippen molar-refractivity contribution in [2.45, 2.75) is 6.92 Å². The molecule has 48 valence electrons. The topological polar surface area (TPSA) is 35.1 Å². The Kier molecular flexibility index (Phi) is 1.70. The molecule has 0 aliphatic carbocycles. The van der Waals surface area contributed by atoms with Crippen molar-refractivity contribution in [3.05, 3.63) is 35.0 Å². The summed E-state index contributed by atoms with van der Waals surface area (Å²) in [5.41, 5.74) is 3.58. The van der Waals surface area contributed by atoms with Crippen molar-refractivity contribution in [2.75, 3.05) is 5.48 Å². The van der Waals surface area contributed by atoms with Crippen molar-refractivity contribution in [1.29, 1.82) is 0 Å². The van der Waals surface area contributed by atoms with Crippen LogP contribution in [0.3, 0.4) is 0 Å². The van der Waals surface area contributed by atoms with E-state index < -0.39 is 0 Å². The standard InChI is InChI=1S/C7H8NO/c1-6-2-4-7(8-9)5-3-6/h2-5,8H,1H3/q-1. The van der Waals surface area contributed by atoms with Crippen LogP contribution in [0.2, 0.25) is 0 Å². The second kappa shape index (κ2) is 2.51. The lowest BCUT2D eigenvalue weighted by Gasteiger charge is -2.07. The molecule has 0 aliphatic heterocycles. The molecule has 2 nitrogen and oxygen atoms in total. The minimum Gasteiger partial charge on any atom is -0.761 e. The molecular formula is C7H8NO-. The lowest BCUT2D eigenvalue weighted by atomic mass is 10.2. The maximum Gasteiger partial charge on any atom is 0.0233 e. The van der Waals surface area contributed by atoms with E-state index in [1.54, 1.807) is 17.6 Å². The Labute approximate surface area is 54.1 Å². The van der Waals surface area contributed by atoms with Gasteiger partial charge >= 0.3 is 0 Å². The molecule has 0 heterocycles. The van der Waals surface area contributed by atoms with Crippen LogP contribution in [-0.4, -0.2) is 0 Å². The predicted octanol–water partition coefficient (Wildman–Crippen LogP) is 1.90. The highest BCUT2D eigenvalue weighted by Gasteiger charge is 1.81. The number of benzene rings is 1. The van der Waals surface area contributed by atoms with E-state index in [0.717, 1.165) is 5.56 Å². The van der Waals surface area contributed by atoms with Crippen molar-refractivity contribution >= 4 is 5.69 Å². The van der Waals surface area contributed by atoms with Crippen molar-refractivity contribution in [2.24, 2.45) is 0 Å². The molecule has 0 fully saturated rings. The second-order valence-electron chi connectivity index (χ2n) is 1.97. The molecule has 0 radical (unpaired) electrons. The molecule has 0 aromatic heterocycles. The van der Waals surface area contributed by atoms with Crippen LogP contribution < -0.4 is 5.48 Å². The van der Waals surface area contributed by atoms with E-state index in [1.165, 1.54) is 0 Å². The van der Waals surface area contributed by atoms with Gasteiger partial charge in [0.05, 0.1) is 0 Å². The van der Waals surface area contributed by atoms with E-state index in [2.05, 4.69) is 0 Å². The van der Waals surface area contributed by atoms with Gasteiger partial charge in [0.15, 0.2) is 0 Å². The first-order chi connectivity index (χ1) is 4.33. The van der Waals surface area contributed by atoms with Crippen LogP contribution in [0.15, 0.2) is 24.3 Å². The second-order valence-corrected chi connectivity index (χ2v) is 1.97. The molecule has 1 aromatic carbocycles. The van der Waals surface area contributed by atoms with Crippen molar-refractivity contribution in [1.82, 2.24) is 0 Å². The largest absolute Gasteiger partial charge is 0.761 e. The van der Waals surface area contributed by atoms with Gasteiger partial charge in [-0.1, -0.05) is 17.7 Å². The Morgan fingerprint density at radius 1 is 1.22 bits per heavy atom. The molecule has 1 aromatic rings. The smallest absolute Gasteiger partial charge is 0.0233 e. The van der Waals surface area contributed by atoms with Crippen molar-refractivity contribution in [3.8, 4) is 0 Å². The summed E-state index contributed by atoms with van der Waals surface area (Å²) in [6, 6.07) is 7.28. The zero-order chi connectivity index (χ0) is 6.69. The number of hydrogen-bond acceptors (Lipinski definition) is 2. The number of anilines is 1. The van der Waals surface area contributed by atoms with E-state index in [-0.39, 0.29) is 0 Å². The maximum atomic E-state index is 9.99. The number of aryl methyl sites for hydroxylation is 1. The van der Waals surface area contributed by atoms with Gasteiger partial charge in [-0.3, -0.25) is 0 Å². The van der Waals surface area contributed by atoms with E-state index in [1.807, 2.05) is 19.1 Å². The SMILES string of the molecule is Cc1ccc(N[O-])cc1. The number of nitrogens with one attached hydrogen (secondary N) is 1. The third kappa shape index (κ3) is 1.44. The average Bonchev–Trinajstić information content (AvgIpc) is 1.90. The Bertz CT molecular complexity index is 181. The molecule has 0 unspecified atom stereocenters. The molecule has 0 amide bonds. The monoisotopic (exact) mass is 122 g/mol. The lowest BCUT2D eigenvalue weighted by molar-refractivity contribution is 1.46. The minimum atomic E-state index is 0.612. The fraction of sp³-hybridized carbons (Fsp3) is 0.143. The Hall–Kier alpha value is -1.02. The van der Waals surface area contributed by atoms with Gasteiger partial charge in [0, 0.05) is 5.69 Å². The first-order valence-electron chi connectivity index (χ1n) is 2.78. The molecular weight excluding hydrogens is 114 g/mol. The highest BCUT2D eigenvalue weighted by atomic mass is 16.5.